The third-order valence-corrected chi connectivity index (χ3v) is 4.71. The third-order valence-electron chi connectivity index (χ3n) is 3.15. The van der Waals surface area contributed by atoms with Crippen molar-refractivity contribution in [3.63, 3.8) is 0 Å². The van der Waals surface area contributed by atoms with Crippen LogP contribution in [0.15, 0.2) is 4.52 Å². The van der Waals surface area contributed by atoms with Crippen molar-refractivity contribution in [3.05, 3.63) is 11.7 Å². The van der Waals surface area contributed by atoms with Gasteiger partial charge in [-0.1, -0.05) is 5.16 Å². The van der Waals surface area contributed by atoms with E-state index in [0.29, 0.717) is 24.7 Å². The first-order valence-corrected chi connectivity index (χ1v) is 8.17. The van der Waals surface area contributed by atoms with E-state index in [0.717, 1.165) is 25.9 Å². The average Bonchev–Trinajstić information content (AvgIpc) is 2.75. The Balaban J connectivity index is 1.74. The second-order valence-electron chi connectivity index (χ2n) is 4.85. The van der Waals surface area contributed by atoms with Crippen molar-refractivity contribution in [1.29, 1.82) is 0 Å². The van der Waals surface area contributed by atoms with Gasteiger partial charge in [0.2, 0.25) is 15.9 Å². The van der Waals surface area contributed by atoms with Crippen molar-refractivity contribution in [1.82, 2.24) is 20.2 Å². The van der Waals surface area contributed by atoms with Crippen molar-refractivity contribution >= 4 is 10.0 Å². The first kappa shape index (κ1) is 14.4. The summed E-state index contributed by atoms with van der Waals surface area (Å²) < 4.78 is 31.2. The molecule has 0 atom stereocenters. The third kappa shape index (κ3) is 4.88. The van der Waals surface area contributed by atoms with E-state index in [9.17, 15) is 8.42 Å². The van der Waals surface area contributed by atoms with E-state index >= 15 is 0 Å². The quantitative estimate of drug-likeness (QED) is 0.755. The summed E-state index contributed by atoms with van der Waals surface area (Å²) in [4.78, 5) is 4.03. The van der Waals surface area contributed by atoms with Crippen LogP contribution in [0.3, 0.4) is 0 Å². The first-order chi connectivity index (χ1) is 9.05. The smallest absolute Gasteiger partial charge is 0.223 e. The molecule has 0 saturated carbocycles. The molecule has 19 heavy (non-hydrogen) atoms. The minimum atomic E-state index is -3.21. The Bertz CT molecular complexity index is 494. The Kier molecular flexibility index (Phi) is 4.89. The number of nitrogens with zero attached hydrogens (tertiary/aromatic N) is 2. The van der Waals surface area contributed by atoms with Gasteiger partial charge in [0.1, 0.15) is 0 Å². The molecule has 0 aromatic carbocycles. The molecule has 1 aliphatic rings. The summed E-state index contributed by atoms with van der Waals surface area (Å²) in [5, 5.41) is 6.95. The molecule has 2 N–H and O–H groups in total. The number of sulfonamides is 1. The zero-order valence-electron chi connectivity index (χ0n) is 11.1. The Morgan fingerprint density at radius 2 is 2.16 bits per heavy atom. The number of aromatic nitrogens is 2. The van der Waals surface area contributed by atoms with E-state index in [4.69, 9.17) is 4.52 Å². The standard InChI is InChI=1S/C11H20N4O3S/c1-9-14-11(15-18-9)4-7-13-19(16,17)8-10-2-5-12-6-3-10/h10,12-13H,2-8H2,1H3. The van der Waals surface area contributed by atoms with Crippen LogP contribution in [0, 0.1) is 12.8 Å². The molecule has 0 radical (unpaired) electrons. The van der Waals surface area contributed by atoms with Crippen molar-refractivity contribution in [3.8, 4) is 0 Å². The molecule has 2 rings (SSSR count). The van der Waals surface area contributed by atoms with Gasteiger partial charge < -0.3 is 9.84 Å². The van der Waals surface area contributed by atoms with Gasteiger partial charge in [-0.05, 0) is 31.8 Å². The Hall–Kier alpha value is -0.990. The fourth-order valence-corrected chi connectivity index (χ4v) is 3.66. The van der Waals surface area contributed by atoms with Crippen LogP contribution in [0.5, 0.6) is 0 Å². The van der Waals surface area contributed by atoms with Crippen LogP contribution < -0.4 is 10.0 Å². The Labute approximate surface area is 113 Å². The van der Waals surface area contributed by atoms with E-state index in [-0.39, 0.29) is 11.7 Å². The van der Waals surface area contributed by atoms with Gasteiger partial charge in [-0.15, -0.1) is 0 Å². The van der Waals surface area contributed by atoms with Crippen LogP contribution in [0.1, 0.15) is 24.6 Å². The van der Waals surface area contributed by atoms with Gasteiger partial charge in [0.15, 0.2) is 5.82 Å². The topological polar surface area (TPSA) is 97.1 Å². The second kappa shape index (κ2) is 6.44. The van der Waals surface area contributed by atoms with Crippen molar-refractivity contribution < 1.29 is 12.9 Å². The highest BCUT2D eigenvalue weighted by Crippen LogP contribution is 2.13. The fraction of sp³-hybridized carbons (Fsp3) is 0.818. The lowest BCUT2D eigenvalue weighted by atomic mass is 10.0. The minimum Gasteiger partial charge on any atom is -0.340 e. The summed E-state index contributed by atoms with van der Waals surface area (Å²) in [6.07, 6.45) is 2.29. The maximum absolute atomic E-state index is 11.9. The van der Waals surface area contributed by atoms with Crippen LogP contribution in [0.25, 0.3) is 0 Å². The molecule has 1 aliphatic heterocycles. The molecule has 0 unspecified atom stereocenters. The summed E-state index contributed by atoms with van der Waals surface area (Å²) in [5.41, 5.74) is 0. The van der Waals surface area contributed by atoms with Crippen molar-refractivity contribution in [2.75, 3.05) is 25.4 Å². The SMILES string of the molecule is Cc1nc(CCNS(=O)(=O)CC2CCNCC2)no1. The van der Waals surface area contributed by atoms with Crippen molar-refractivity contribution in [2.24, 2.45) is 5.92 Å². The molecule has 108 valence electrons. The number of rotatable bonds is 6. The maximum atomic E-state index is 11.9. The summed E-state index contributed by atoms with van der Waals surface area (Å²) in [6, 6.07) is 0. The van der Waals surface area contributed by atoms with E-state index in [2.05, 4.69) is 20.2 Å². The summed E-state index contributed by atoms with van der Waals surface area (Å²) in [5.74, 6) is 1.49. The molecule has 1 aromatic rings. The molecule has 7 nitrogen and oxygen atoms in total. The zero-order valence-corrected chi connectivity index (χ0v) is 11.9. The first-order valence-electron chi connectivity index (χ1n) is 6.52. The van der Waals surface area contributed by atoms with Gasteiger partial charge in [-0.3, -0.25) is 0 Å². The van der Waals surface area contributed by atoms with E-state index < -0.39 is 10.0 Å². The largest absolute Gasteiger partial charge is 0.340 e. The summed E-state index contributed by atoms with van der Waals surface area (Å²) >= 11 is 0. The number of hydrogen-bond donors (Lipinski definition) is 2. The number of aryl methyl sites for hydroxylation is 1. The van der Waals surface area contributed by atoms with Crippen LogP contribution in [-0.4, -0.2) is 43.9 Å². The molecule has 1 fully saturated rings. The van der Waals surface area contributed by atoms with Gasteiger partial charge in [-0.25, -0.2) is 13.1 Å². The molecule has 8 heteroatoms. The highest BCUT2D eigenvalue weighted by atomic mass is 32.2. The fourth-order valence-electron chi connectivity index (χ4n) is 2.18. The predicted octanol–water partition coefficient (Wildman–Crippen LogP) is -0.160. The van der Waals surface area contributed by atoms with Crippen LogP contribution in [-0.2, 0) is 16.4 Å². The van der Waals surface area contributed by atoms with Gasteiger partial charge >= 0.3 is 0 Å². The molecule has 0 aliphatic carbocycles. The summed E-state index contributed by atoms with van der Waals surface area (Å²) in [6.45, 7) is 3.83. The molecule has 0 amide bonds. The van der Waals surface area contributed by atoms with Gasteiger partial charge in [-0.2, -0.15) is 4.98 Å². The molecule has 1 aromatic heterocycles. The van der Waals surface area contributed by atoms with Crippen LogP contribution >= 0.6 is 0 Å². The Morgan fingerprint density at radius 1 is 1.42 bits per heavy atom. The number of hydrogen-bond acceptors (Lipinski definition) is 6. The predicted molar refractivity (Wildman–Crippen MR) is 70.1 cm³/mol. The molecule has 0 spiro atoms. The van der Waals surface area contributed by atoms with Gasteiger partial charge in [0.25, 0.3) is 0 Å². The van der Waals surface area contributed by atoms with Crippen LogP contribution in [0.2, 0.25) is 0 Å². The molecular weight excluding hydrogens is 268 g/mol. The minimum absolute atomic E-state index is 0.208. The van der Waals surface area contributed by atoms with E-state index in [1.165, 1.54) is 0 Å². The molecule has 2 heterocycles. The average molecular weight is 288 g/mol. The molecule has 0 bridgehead atoms. The van der Waals surface area contributed by atoms with E-state index in [1.54, 1.807) is 6.92 Å². The zero-order chi connectivity index (χ0) is 13.7. The second-order valence-corrected chi connectivity index (χ2v) is 6.70. The molecular formula is C11H20N4O3S. The van der Waals surface area contributed by atoms with Gasteiger partial charge in [0.05, 0.1) is 5.75 Å². The Morgan fingerprint density at radius 3 is 2.79 bits per heavy atom. The number of nitrogens with one attached hydrogen (secondary N) is 2. The van der Waals surface area contributed by atoms with Crippen molar-refractivity contribution in [2.45, 2.75) is 26.2 Å². The lowest BCUT2D eigenvalue weighted by Gasteiger charge is -2.22. The maximum Gasteiger partial charge on any atom is 0.223 e. The monoisotopic (exact) mass is 288 g/mol. The summed E-state index contributed by atoms with van der Waals surface area (Å²) in [7, 11) is -3.21. The lowest BCUT2D eigenvalue weighted by Crippen LogP contribution is -2.36. The number of piperidine rings is 1. The van der Waals surface area contributed by atoms with Gasteiger partial charge in [0, 0.05) is 19.9 Å². The highest BCUT2D eigenvalue weighted by Gasteiger charge is 2.20. The highest BCUT2D eigenvalue weighted by molar-refractivity contribution is 7.89. The normalized spacial score (nSPS) is 17.7. The lowest BCUT2D eigenvalue weighted by molar-refractivity contribution is 0.387. The molecule has 1 saturated heterocycles. The van der Waals surface area contributed by atoms with E-state index in [1.807, 2.05) is 0 Å². The van der Waals surface area contributed by atoms with Crippen LogP contribution in [0.4, 0.5) is 0 Å².